The van der Waals surface area contributed by atoms with Crippen molar-refractivity contribution >= 4 is 17.3 Å². The Labute approximate surface area is 165 Å². The van der Waals surface area contributed by atoms with E-state index in [0.29, 0.717) is 5.92 Å². The van der Waals surface area contributed by atoms with Crippen LogP contribution in [0.1, 0.15) is 53.4 Å². The Balaban J connectivity index is 0.000000615. The summed E-state index contributed by atoms with van der Waals surface area (Å²) in [4.78, 5) is 0. The van der Waals surface area contributed by atoms with Gasteiger partial charge in [0.2, 0.25) is 0 Å². The highest BCUT2D eigenvalue weighted by atomic mass is 35.5. The summed E-state index contributed by atoms with van der Waals surface area (Å²) >= 11 is 6.25. The highest BCUT2D eigenvalue weighted by molar-refractivity contribution is 6.31. The third-order valence-electron chi connectivity index (χ3n) is 4.83. The van der Waals surface area contributed by atoms with Crippen molar-refractivity contribution in [3.63, 3.8) is 0 Å². The number of piperidine rings is 1. The van der Waals surface area contributed by atoms with Crippen LogP contribution in [-0.2, 0) is 0 Å². The largest absolute Gasteiger partial charge is 0.316 e. The Bertz CT molecular complexity index is 600. The number of nitrogens with one attached hydrogen (secondary N) is 2. The molecule has 0 bridgehead atoms. The average Bonchev–Trinajstić information content (AvgIpc) is 2.90. The topological polar surface area (TPSA) is 35.9 Å². The lowest BCUT2D eigenvalue weighted by molar-refractivity contribution is 0.601. The predicted molar refractivity (Wildman–Crippen MR) is 117 cm³/mol. The first-order valence-electron chi connectivity index (χ1n) is 9.91. The van der Waals surface area contributed by atoms with E-state index in [1.54, 1.807) is 6.08 Å². The summed E-state index contributed by atoms with van der Waals surface area (Å²) < 4.78 is 0. The van der Waals surface area contributed by atoms with Crippen LogP contribution < -0.4 is 5.32 Å². The SMILES string of the molecule is C=CC.CC.CC1CCC2=CC(Cl)=CC=CC2C(=C2CCNCC2)C1=N. The van der Waals surface area contributed by atoms with Gasteiger partial charge in [0.1, 0.15) is 0 Å². The van der Waals surface area contributed by atoms with Crippen LogP contribution in [0.15, 0.2) is 58.7 Å². The number of hydrogen-bond acceptors (Lipinski definition) is 2. The van der Waals surface area contributed by atoms with Crippen molar-refractivity contribution in [3.8, 4) is 0 Å². The van der Waals surface area contributed by atoms with Crippen LogP contribution in [0.25, 0.3) is 0 Å². The third-order valence-corrected chi connectivity index (χ3v) is 5.06. The predicted octanol–water partition coefficient (Wildman–Crippen LogP) is 6.57. The molecule has 0 amide bonds. The molecule has 1 saturated carbocycles. The summed E-state index contributed by atoms with van der Waals surface area (Å²) in [7, 11) is 0. The fourth-order valence-corrected chi connectivity index (χ4v) is 3.79. The van der Waals surface area contributed by atoms with E-state index < -0.39 is 0 Å². The van der Waals surface area contributed by atoms with Gasteiger partial charge in [-0.2, -0.15) is 0 Å². The quantitative estimate of drug-likeness (QED) is 0.462. The maximum Gasteiger partial charge on any atom is 0.0405 e. The van der Waals surface area contributed by atoms with E-state index in [1.165, 1.54) is 16.7 Å². The fraction of sp³-hybridized carbons (Fsp3) is 0.522. The molecule has 3 aliphatic rings. The summed E-state index contributed by atoms with van der Waals surface area (Å²) in [5, 5.41) is 12.9. The molecule has 0 radical (unpaired) electrons. The van der Waals surface area contributed by atoms with Crippen LogP contribution in [0.4, 0.5) is 0 Å². The molecule has 3 rings (SSSR count). The second kappa shape index (κ2) is 12.1. The molecule has 2 fully saturated rings. The molecule has 144 valence electrons. The summed E-state index contributed by atoms with van der Waals surface area (Å²) in [6.07, 6.45) is 14.4. The second-order valence-corrected chi connectivity index (χ2v) is 7.10. The molecule has 1 saturated heterocycles. The summed E-state index contributed by atoms with van der Waals surface area (Å²) in [5.41, 5.74) is 4.98. The molecular formula is C23H35ClN2. The van der Waals surface area contributed by atoms with E-state index >= 15 is 0 Å². The highest BCUT2D eigenvalue weighted by Crippen LogP contribution is 2.39. The molecule has 1 heterocycles. The first kappa shape index (κ1) is 22.7. The summed E-state index contributed by atoms with van der Waals surface area (Å²) in [6, 6.07) is 0. The van der Waals surface area contributed by atoms with Gasteiger partial charge in [-0.05, 0) is 69.3 Å². The highest BCUT2D eigenvalue weighted by Gasteiger charge is 2.30. The van der Waals surface area contributed by atoms with Crippen LogP contribution in [0.2, 0.25) is 0 Å². The number of halogens is 1. The lowest BCUT2D eigenvalue weighted by atomic mass is 9.82. The van der Waals surface area contributed by atoms with Gasteiger partial charge in [-0.1, -0.05) is 61.7 Å². The van der Waals surface area contributed by atoms with Gasteiger partial charge in [0.15, 0.2) is 0 Å². The lowest BCUT2D eigenvalue weighted by Gasteiger charge is -2.26. The van der Waals surface area contributed by atoms with Crippen molar-refractivity contribution in [1.82, 2.24) is 5.32 Å². The Kier molecular flexibility index (Phi) is 10.5. The van der Waals surface area contributed by atoms with E-state index in [4.69, 9.17) is 17.0 Å². The van der Waals surface area contributed by atoms with E-state index in [0.717, 1.165) is 49.5 Å². The zero-order chi connectivity index (χ0) is 19.5. The van der Waals surface area contributed by atoms with Crippen molar-refractivity contribution in [2.45, 2.75) is 53.4 Å². The summed E-state index contributed by atoms with van der Waals surface area (Å²) in [6.45, 7) is 13.5. The van der Waals surface area contributed by atoms with E-state index in [1.807, 2.05) is 26.8 Å². The first-order valence-corrected chi connectivity index (χ1v) is 10.3. The Morgan fingerprint density at radius 2 is 1.85 bits per heavy atom. The number of hydrogen-bond donors (Lipinski definition) is 2. The van der Waals surface area contributed by atoms with E-state index in [-0.39, 0.29) is 5.92 Å². The average molecular weight is 375 g/mol. The van der Waals surface area contributed by atoms with Crippen LogP contribution >= 0.6 is 11.6 Å². The Morgan fingerprint density at radius 1 is 1.23 bits per heavy atom. The van der Waals surface area contributed by atoms with Crippen molar-refractivity contribution < 1.29 is 0 Å². The van der Waals surface area contributed by atoms with Crippen LogP contribution in [0.5, 0.6) is 0 Å². The minimum Gasteiger partial charge on any atom is -0.316 e. The molecule has 2 atom stereocenters. The van der Waals surface area contributed by atoms with E-state index in [2.05, 4.69) is 37.0 Å². The normalized spacial score (nSPS) is 25.2. The molecule has 26 heavy (non-hydrogen) atoms. The zero-order valence-corrected chi connectivity index (χ0v) is 17.6. The number of rotatable bonds is 0. The second-order valence-electron chi connectivity index (χ2n) is 6.66. The smallest absolute Gasteiger partial charge is 0.0405 e. The molecule has 1 aliphatic heterocycles. The lowest BCUT2D eigenvalue weighted by Crippen LogP contribution is -2.27. The van der Waals surface area contributed by atoms with Crippen molar-refractivity contribution in [2.75, 3.05) is 13.1 Å². The molecule has 2 N–H and O–H groups in total. The molecule has 3 heteroatoms. The number of allylic oxidation sites excluding steroid dienone is 8. The van der Waals surface area contributed by atoms with Crippen molar-refractivity contribution in [1.29, 1.82) is 5.41 Å². The first-order chi connectivity index (χ1) is 12.6. The molecule has 2 unspecified atom stereocenters. The molecule has 2 aliphatic carbocycles. The van der Waals surface area contributed by atoms with Crippen LogP contribution in [-0.4, -0.2) is 18.8 Å². The minimum absolute atomic E-state index is 0.253. The molecule has 0 aromatic heterocycles. The van der Waals surface area contributed by atoms with Crippen LogP contribution in [0, 0.1) is 17.2 Å². The van der Waals surface area contributed by atoms with Gasteiger partial charge in [0, 0.05) is 16.7 Å². The van der Waals surface area contributed by atoms with Gasteiger partial charge in [-0.15, -0.1) is 6.58 Å². The molecular weight excluding hydrogens is 340 g/mol. The standard InChI is InChI=1S/C18H23ClN2.C3H6.C2H6/c1-12-5-6-14-11-15(19)3-2-4-16(14)17(18(12)20)13-7-9-21-10-8-13;1-3-2;1-2/h2-4,11-12,16,20-21H,5-10H2,1H3;3H,1H2,2H3;1-2H3. The molecule has 2 nitrogen and oxygen atoms in total. The van der Waals surface area contributed by atoms with Gasteiger partial charge >= 0.3 is 0 Å². The van der Waals surface area contributed by atoms with Gasteiger partial charge in [0.05, 0.1) is 0 Å². The minimum atomic E-state index is 0.253. The van der Waals surface area contributed by atoms with Crippen molar-refractivity contribution in [2.24, 2.45) is 11.8 Å². The zero-order valence-electron chi connectivity index (χ0n) is 16.9. The fourth-order valence-electron chi connectivity index (χ4n) is 3.58. The van der Waals surface area contributed by atoms with Gasteiger partial charge in [0.25, 0.3) is 0 Å². The van der Waals surface area contributed by atoms with Crippen molar-refractivity contribution in [3.05, 3.63) is 58.7 Å². The monoisotopic (exact) mass is 374 g/mol. The van der Waals surface area contributed by atoms with Gasteiger partial charge in [-0.3, -0.25) is 0 Å². The van der Waals surface area contributed by atoms with Gasteiger partial charge in [-0.25, -0.2) is 0 Å². The molecule has 0 aromatic carbocycles. The summed E-state index contributed by atoms with van der Waals surface area (Å²) in [5.74, 6) is 0.592. The molecule has 0 aromatic rings. The maximum absolute atomic E-state index is 8.68. The molecule has 0 spiro atoms. The third kappa shape index (κ3) is 6.10. The van der Waals surface area contributed by atoms with Gasteiger partial charge < -0.3 is 10.7 Å². The Hall–Kier alpha value is -1.38. The maximum atomic E-state index is 8.68. The van der Waals surface area contributed by atoms with Crippen LogP contribution in [0.3, 0.4) is 0 Å². The van der Waals surface area contributed by atoms with E-state index in [9.17, 15) is 0 Å². The number of fused-ring (bicyclic) bond motifs is 1. The Morgan fingerprint density at radius 3 is 2.46 bits per heavy atom.